The summed E-state index contributed by atoms with van der Waals surface area (Å²) in [4.78, 5) is 8.73. The van der Waals surface area contributed by atoms with Gasteiger partial charge in [-0.3, -0.25) is 0 Å². The second-order valence-corrected chi connectivity index (χ2v) is 5.05. The van der Waals surface area contributed by atoms with Crippen LogP contribution in [0, 0.1) is 10.5 Å². The van der Waals surface area contributed by atoms with Crippen molar-refractivity contribution in [2.24, 2.45) is 0 Å². The van der Waals surface area contributed by atoms with Crippen molar-refractivity contribution >= 4 is 33.8 Å². The first kappa shape index (κ1) is 10.7. The molecule has 0 N–H and O–H groups in total. The summed E-state index contributed by atoms with van der Waals surface area (Å²) in [6, 6.07) is 11.9. The Morgan fingerprint density at radius 1 is 1.00 bits per heavy atom. The van der Waals surface area contributed by atoms with Crippen molar-refractivity contribution in [3.8, 4) is 11.5 Å². The number of fused-ring (bicyclic) bond motifs is 1. The molecule has 4 heteroatoms. The fourth-order valence-electron chi connectivity index (χ4n) is 1.63. The molecule has 2 aromatic heterocycles. The summed E-state index contributed by atoms with van der Waals surface area (Å²) in [5, 5.41) is 0. The lowest BCUT2D eigenvalue weighted by molar-refractivity contribution is 0.619. The predicted octanol–water partition coefficient (Wildman–Crippen LogP) is 3.80. The Morgan fingerprint density at radius 3 is 2.53 bits per heavy atom. The van der Waals surface area contributed by atoms with Gasteiger partial charge in [0.05, 0.1) is 0 Å². The van der Waals surface area contributed by atoms with E-state index in [-0.39, 0.29) is 0 Å². The average molecular weight is 336 g/mol. The van der Waals surface area contributed by atoms with E-state index < -0.39 is 0 Å². The zero-order valence-corrected chi connectivity index (χ0v) is 11.3. The Labute approximate surface area is 112 Å². The van der Waals surface area contributed by atoms with Crippen molar-refractivity contribution in [1.29, 1.82) is 0 Å². The first-order chi connectivity index (χ1) is 8.22. The Kier molecular flexibility index (Phi) is 2.58. The minimum absolute atomic E-state index is 0.620. The number of hydrogen-bond donors (Lipinski definition) is 0. The molecule has 0 fully saturated rings. The van der Waals surface area contributed by atoms with E-state index >= 15 is 0 Å². The van der Waals surface area contributed by atoms with Crippen molar-refractivity contribution in [3.05, 3.63) is 45.7 Å². The molecule has 17 heavy (non-hydrogen) atoms. The van der Waals surface area contributed by atoms with E-state index in [1.165, 1.54) is 3.57 Å². The van der Waals surface area contributed by atoms with E-state index in [0.717, 1.165) is 16.8 Å². The molecule has 3 aromatic rings. The highest BCUT2D eigenvalue weighted by molar-refractivity contribution is 14.1. The predicted molar refractivity (Wildman–Crippen MR) is 74.7 cm³/mol. The van der Waals surface area contributed by atoms with E-state index in [4.69, 9.17) is 4.42 Å². The maximum atomic E-state index is 5.67. The van der Waals surface area contributed by atoms with Gasteiger partial charge in [-0.15, -0.1) is 0 Å². The maximum absolute atomic E-state index is 5.67. The standard InChI is InChI=1S/C13H9IN2O/c1-8-2-7-11-12(15-8)16-13(17-11)9-3-5-10(14)6-4-9/h2-7H,1H3. The van der Waals surface area contributed by atoms with Crippen LogP contribution in [0.1, 0.15) is 5.69 Å². The maximum Gasteiger partial charge on any atom is 0.228 e. The van der Waals surface area contributed by atoms with Gasteiger partial charge >= 0.3 is 0 Å². The Balaban J connectivity index is 2.14. The molecule has 0 aliphatic heterocycles. The lowest BCUT2D eigenvalue weighted by Crippen LogP contribution is -1.81. The zero-order chi connectivity index (χ0) is 11.8. The van der Waals surface area contributed by atoms with E-state index in [9.17, 15) is 0 Å². The fraction of sp³-hybridized carbons (Fsp3) is 0.0769. The highest BCUT2D eigenvalue weighted by Crippen LogP contribution is 2.23. The molecule has 0 aliphatic rings. The highest BCUT2D eigenvalue weighted by Gasteiger charge is 2.08. The van der Waals surface area contributed by atoms with Crippen molar-refractivity contribution in [3.63, 3.8) is 0 Å². The molecule has 0 amide bonds. The monoisotopic (exact) mass is 336 g/mol. The number of aryl methyl sites for hydroxylation is 1. The topological polar surface area (TPSA) is 38.9 Å². The van der Waals surface area contributed by atoms with E-state index in [1.807, 2.05) is 43.3 Å². The van der Waals surface area contributed by atoms with Crippen molar-refractivity contribution in [2.75, 3.05) is 0 Å². The highest BCUT2D eigenvalue weighted by atomic mass is 127. The zero-order valence-electron chi connectivity index (χ0n) is 9.14. The van der Waals surface area contributed by atoms with Crippen LogP contribution < -0.4 is 0 Å². The molecule has 0 saturated heterocycles. The van der Waals surface area contributed by atoms with Crippen LogP contribution in [0.3, 0.4) is 0 Å². The summed E-state index contributed by atoms with van der Waals surface area (Å²) >= 11 is 2.27. The minimum atomic E-state index is 0.620. The molecule has 1 aromatic carbocycles. The molecule has 0 saturated carbocycles. The average Bonchev–Trinajstić information content (AvgIpc) is 2.72. The van der Waals surface area contributed by atoms with Gasteiger partial charge in [-0.05, 0) is 65.9 Å². The lowest BCUT2D eigenvalue weighted by atomic mass is 10.2. The van der Waals surface area contributed by atoms with Gasteiger partial charge in [0.2, 0.25) is 5.89 Å². The van der Waals surface area contributed by atoms with Gasteiger partial charge in [0.15, 0.2) is 11.2 Å². The molecule has 0 spiro atoms. The normalized spacial score (nSPS) is 10.9. The SMILES string of the molecule is Cc1ccc2oc(-c3ccc(I)cc3)nc2n1. The Morgan fingerprint density at radius 2 is 1.76 bits per heavy atom. The number of benzene rings is 1. The molecule has 0 atom stereocenters. The molecule has 0 bridgehead atoms. The molecular formula is C13H9IN2O. The molecule has 3 rings (SSSR count). The number of aromatic nitrogens is 2. The molecule has 2 heterocycles. The third-order valence-electron chi connectivity index (χ3n) is 2.48. The molecule has 0 radical (unpaired) electrons. The van der Waals surface area contributed by atoms with Gasteiger partial charge < -0.3 is 4.42 Å². The van der Waals surface area contributed by atoms with Crippen LogP contribution in [0.5, 0.6) is 0 Å². The minimum Gasteiger partial charge on any atom is -0.434 e. The van der Waals surface area contributed by atoms with Gasteiger partial charge in [-0.1, -0.05) is 0 Å². The Hall–Kier alpha value is -1.43. The number of oxazole rings is 1. The summed E-state index contributed by atoms with van der Waals surface area (Å²) in [6.07, 6.45) is 0. The van der Waals surface area contributed by atoms with Crippen LogP contribution in [0.15, 0.2) is 40.8 Å². The third-order valence-corrected chi connectivity index (χ3v) is 3.20. The third kappa shape index (κ3) is 2.04. The number of hydrogen-bond acceptors (Lipinski definition) is 3. The van der Waals surface area contributed by atoms with Crippen LogP contribution in [-0.2, 0) is 0 Å². The number of pyridine rings is 1. The first-order valence-electron chi connectivity index (χ1n) is 5.22. The lowest BCUT2D eigenvalue weighted by Gasteiger charge is -1.94. The van der Waals surface area contributed by atoms with Gasteiger partial charge in [0, 0.05) is 14.8 Å². The molecular weight excluding hydrogens is 327 g/mol. The smallest absolute Gasteiger partial charge is 0.228 e. The fourth-order valence-corrected chi connectivity index (χ4v) is 1.99. The summed E-state index contributed by atoms with van der Waals surface area (Å²) < 4.78 is 6.86. The van der Waals surface area contributed by atoms with Crippen LogP contribution in [-0.4, -0.2) is 9.97 Å². The number of nitrogens with zero attached hydrogens (tertiary/aromatic N) is 2. The van der Waals surface area contributed by atoms with Gasteiger partial charge in [0.25, 0.3) is 0 Å². The molecule has 84 valence electrons. The van der Waals surface area contributed by atoms with E-state index in [1.54, 1.807) is 0 Å². The van der Waals surface area contributed by atoms with Crippen molar-refractivity contribution < 1.29 is 4.42 Å². The van der Waals surface area contributed by atoms with Gasteiger partial charge in [-0.25, -0.2) is 4.98 Å². The second kappa shape index (κ2) is 4.10. The second-order valence-electron chi connectivity index (χ2n) is 3.80. The van der Waals surface area contributed by atoms with Gasteiger partial charge in [0.1, 0.15) is 0 Å². The van der Waals surface area contributed by atoms with Crippen LogP contribution in [0.4, 0.5) is 0 Å². The largest absolute Gasteiger partial charge is 0.434 e. The van der Waals surface area contributed by atoms with Crippen LogP contribution >= 0.6 is 22.6 Å². The van der Waals surface area contributed by atoms with Crippen molar-refractivity contribution in [1.82, 2.24) is 9.97 Å². The molecule has 0 aliphatic carbocycles. The molecule has 3 nitrogen and oxygen atoms in total. The molecule has 0 unspecified atom stereocenters. The van der Waals surface area contributed by atoms with Gasteiger partial charge in [-0.2, -0.15) is 4.98 Å². The van der Waals surface area contributed by atoms with Crippen molar-refractivity contribution in [2.45, 2.75) is 6.92 Å². The quantitative estimate of drug-likeness (QED) is 0.635. The first-order valence-corrected chi connectivity index (χ1v) is 6.30. The summed E-state index contributed by atoms with van der Waals surface area (Å²) in [6.45, 7) is 1.94. The summed E-state index contributed by atoms with van der Waals surface area (Å²) in [5.41, 5.74) is 3.31. The van der Waals surface area contributed by atoms with E-state index in [0.29, 0.717) is 11.5 Å². The Bertz CT molecular complexity index is 673. The van der Waals surface area contributed by atoms with Crippen LogP contribution in [0.2, 0.25) is 0 Å². The van der Waals surface area contributed by atoms with E-state index in [2.05, 4.69) is 32.6 Å². The number of rotatable bonds is 1. The summed E-state index contributed by atoms with van der Waals surface area (Å²) in [5.74, 6) is 0.620. The summed E-state index contributed by atoms with van der Waals surface area (Å²) in [7, 11) is 0. The van der Waals surface area contributed by atoms with Crippen LogP contribution in [0.25, 0.3) is 22.7 Å². The number of halogens is 1.